The number of aliphatic hydroxyl groups excluding tert-OH is 3. The van der Waals surface area contributed by atoms with Gasteiger partial charge in [-0.15, -0.1) is 0 Å². The van der Waals surface area contributed by atoms with Gasteiger partial charge in [0.1, 0.15) is 35.6 Å². The van der Waals surface area contributed by atoms with Crippen LogP contribution >= 0.6 is 0 Å². The van der Waals surface area contributed by atoms with Gasteiger partial charge in [-0.25, -0.2) is 4.79 Å². The van der Waals surface area contributed by atoms with Gasteiger partial charge in [-0.3, -0.25) is 0 Å². The van der Waals surface area contributed by atoms with Crippen molar-refractivity contribution in [2.24, 2.45) is 0 Å². The minimum Gasteiger partial charge on any atom is -0.508 e. The Labute approximate surface area is 166 Å². The molecule has 6 N–H and O–H groups in total. The van der Waals surface area contributed by atoms with E-state index in [1.165, 1.54) is 18.2 Å². The number of carboxylic acids is 1. The molecule has 2 aromatic rings. The summed E-state index contributed by atoms with van der Waals surface area (Å²) in [6.45, 7) is 3.49. The fraction of sp³-hybridized carbons (Fsp3) is 0.250. The van der Waals surface area contributed by atoms with Crippen molar-refractivity contribution in [3.8, 4) is 17.2 Å². The highest BCUT2D eigenvalue weighted by molar-refractivity contribution is 5.73. The largest absolute Gasteiger partial charge is 0.508 e. The summed E-state index contributed by atoms with van der Waals surface area (Å²) in [6, 6.07) is 12.6. The second-order valence-electron chi connectivity index (χ2n) is 6.15. The maximum absolute atomic E-state index is 10.9. The number of rotatable bonds is 4. The Bertz CT molecular complexity index is 804. The monoisotopic (exact) mass is 406 g/mol. The summed E-state index contributed by atoms with van der Waals surface area (Å²) in [5, 5.41) is 55.5. The molecule has 0 aromatic heterocycles. The second-order valence-corrected chi connectivity index (χ2v) is 6.15. The van der Waals surface area contributed by atoms with E-state index in [9.17, 15) is 20.1 Å². The van der Waals surface area contributed by atoms with Crippen LogP contribution < -0.4 is 4.74 Å². The van der Waals surface area contributed by atoms with Crippen molar-refractivity contribution >= 4 is 12.0 Å². The van der Waals surface area contributed by atoms with Gasteiger partial charge in [0.15, 0.2) is 6.10 Å². The van der Waals surface area contributed by atoms with Crippen LogP contribution in [0.1, 0.15) is 5.56 Å². The Kier molecular flexibility index (Phi) is 7.57. The molecule has 1 aliphatic heterocycles. The lowest BCUT2D eigenvalue weighted by atomic mass is 9.99. The fourth-order valence-electron chi connectivity index (χ4n) is 2.52. The summed E-state index contributed by atoms with van der Waals surface area (Å²) in [5.74, 6) is -0.996. The Morgan fingerprint density at radius 1 is 0.966 bits per heavy atom. The predicted octanol–water partition coefficient (Wildman–Crippen LogP) is 0.698. The molecule has 9 nitrogen and oxygen atoms in total. The Morgan fingerprint density at radius 2 is 1.55 bits per heavy atom. The molecule has 1 unspecified atom stereocenters. The van der Waals surface area contributed by atoms with Gasteiger partial charge < -0.3 is 40.1 Å². The van der Waals surface area contributed by atoms with Gasteiger partial charge >= 0.3 is 5.97 Å². The lowest BCUT2D eigenvalue weighted by Crippen LogP contribution is -2.61. The molecular weight excluding hydrogens is 384 g/mol. The molecule has 1 heterocycles. The first-order chi connectivity index (χ1) is 13.7. The molecule has 29 heavy (non-hydrogen) atoms. The highest BCUT2D eigenvalue weighted by Crippen LogP contribution is 2.24. The molecule has 0 spiro atoms. The Balaban J connectivity index is 0.000000253. The third-order valence-corrected chi connectivity index (χ3v) is 3.97. The lowest BCUT2D eigenvalue weighted by Gasteiger charge is -2.38. The molecule has 3 rings (SSSR count). The second kappa shape index (κ2) is 9.89. The number of carboxylic acid groups (broad SMARTS) is 1. The van der Waals surface area contributed by atoms with Crippen LogP contribution in [0.5, 0.6) is 17.2 Å². The van der Waals surface area contributed by atoms with Crippen molar-refractivity contribution in [1.29, 1.82) is 0 Å². The standard InChI is InChI=1S/C12H14O7.C8H8O2/c13-7-8(14)10(11(16)17)19-12(9(7)15)18-6-4-2-1-3-5-6;1-2-6-3-7(9)5-8(10)4-6/h1-5,7-10,12-15H,(H,16,17);2-5,9-10H,1H2/t7-,8-,9-,10?,12+;/m1./s1. The number of para-hydroxylation sites is 1. The molecular formula is C20H22O9. The van der Waals surface area contributed by atoms with Crippen LogP contribution in [0.25, 0.3) is 6.08 Å². The van der Waals surface area contributed by atoms with Crippen LogP contribution in [0.4, 0.5) is 0 Å². The molecule has 0 radical (unpaired) electrons. The van der Waals surface area contributed by atoms with E-state index in [4.69, 9.17) is 24.8 Å². The number of phenols is 2. The first kappa shape index (κ1) is 22.2. The van der Waals surface area contributed by atoms with Crippen LogP contribution in [0.3, 0.4) is 0 Å². The van der Waals surface area contributed by atoms with Crippen LogP contribution in [0, 0.1) is 0 Å². The van der Waals surface area contributed by atoms with Gasteiger partial charge in [-0.05, 0) is 29.8 Å². The first-order valence-electron chi connectivity index (χ1n) is 8.52. The molecule has 156 valence electrons. The molecule has 0 saturated carbocycles. The quantitative estimate of drug-likeness (QED) is 0.430. The zero-order chi connectivity index (χ0) is 21.6. The summed E-state index contributed by atoms with van der Waals surface area (Å²) in [7, 11) is 0. The van der Waals surface area contributed by atoms with Crippen LogP contribution in [0.15, 0.2) is 55.1 Å². The maximum Gasteiger partial charge on any atom is 0.335 e. The van der Waals surface area contributed by atoms with Crippen molar-refractivity contribution < 1.29 is 44.9 Å². The number of aliphatic carboxylic acids is 1. The highest BCUT2D eigenvalue weighted by atomic mass is 16.7. The topological polar surface area (TPSA) is 157 Å². The molecule has 1 aliphatic rings. The zero-order valence-corrected chi connectivity index (χ0v) is 15.2. The van der Waals surface area contributed by atoms with E-state index in [0.29, 0.717) is 11.3 Å². The molecule has 2 aromatic carbocycles. The normalized spacial score (nSPS) is 26.0. The summed E-state index contributed by atoms with van der Waals surface area (Å²) in [6.07, 6.45) is -6.41. The van der Waals surface area contributed by atoms with E-state index in [1.807, 2.05) is 0 Å². The van der Waals surface area contributed by atoms with E-state index in [0.717, 1.165) is 0 Å². The van der Waals surface area contributed by atoms with Gasteiger partial charge in [0, 0.05) is 6.07 Å². The van der Waals surface area contributed by atoms with Gasteiger partial charge in [-0.1, -0.05) is 30.9 Å². The number of ether oxygens (including phenoxy) is 2. The van der Waals surface area contributed by atoms with Crippen LogP contribution in [-0.4, -0.2) is 67.3 Å². The average Bonchev–Trinajstić information content (AvgIpc) is 2.68. The SMILES string of the molecule is C=Cc1cc(O)cc(O)c1.O=C(O)C1O[C@H](Oc2ccccc2)[C@H](O)[C@H](O)[C@H]1O. The zero-order valence-electron chi connectivity index (χ0n) is 15.2. The number of hydrogen-bond donors (Lipinski definition) is 6. The highest BCUT2D eigenvalue weighted by Gasteiger charge is 2.48. The number of phenolic OH excluding ortho intramolecular Hbond substituents is 2. The number of benzene rings is 2. The van der Waals surface area contributed by atoms with Crippen molar-refractivity contribution in [2.45, 2.75) is 30.7 Å². The third-order valence-electron chi connectivity index (χ3n) is 3.97. The van der Waals surface area contributed by atoms with E-state index in [2.05, 4.69) is 6.58 Å². The van der Waals surface area contributed by atoms with Gasteiger partial charge in [-0.2, -0.15) is 0 Å². The van der Waals surface area contributed by atoms with E-state index in [1.54, 1.807) is 36.4 Å². The molecule has 1 fully saturated rings. The number of carbonyl (C=O) groups is 1. The number of aliphatic hydroxyl groups is 3. The van der Waals surface area contributed by atoms with Crippen molar-refractivity contribution in [3.05, 3.63) is 60.7 Å². The minimum atomic E-state index is -1.72. The predicted molar refractivity (Wildman–Crippen MR) is 101 cm³/mol. The molecule has 0 bridgehead atoms. The smallest absolute Gasteiger partial charge is 0.335 e. The maximum atomic E-state index is 10.9. The molecule has 0 amide bonds. The number of hydrogen-bond acceptors (Lipinski definition) is 8. The Morgan fingerprint density at radius 3 is 2.07 bits per heavy atom. The van der Waals surface area contributed by atoms with Crippen molar-refractivity contribution in [1.82, 2.24) is 0 Å². The first-order valence-corrected chi connectivity index (χ1v) is 8.52. The summed E-state index contributed by atoms with van der Waals surface area (Å²) in [5.41, 5.74) is 0.706. The molecule has 1 saturated heterocycles. The summed E-state index contributed by atoms with van der Waals surface area (Å²) >= 11 is 0. The average molecular weight is 406 g/mol. The lowest BCUT2D eigenvalue weighted by molar-refractivity contribution is -0.271. The van der Waals surface area contributed by atoms with Gasteiger partial charge in [0.25, 0.3) is 0 Å². The molecule has 0 aliphatic carbocycles. The van der Waals surface area contributed by atoms with E-state index >= 15 is 0 Å². The molecule has 9 heteroatoms. The van der Waals surface area contributed by atoms with Crippen molar-refractivity contribution in [2.75, 3.05) is 0 Å². The Hall–Kier alpha value is -3.11. The van der Waals surface area contributed by atoms with Gasteiger partial charge in [0.2, 0.25) is 6.29 Å². The van der Waals surface area contributed by atoms with E-state index < -0.39 is 36.7 Å². The third kappa shape index (κ3) is 5.93. The fourth-order valence-corrected chi connectivity index (χ4v) is 2.52. The van der Waals surface area contributed by atoms with E-state index in [-0.39, 0.29) is 11.5 Å². The minimum absolute atomic E-state index is 0.0508. The van der Waals surface area contributed by atoms with Crippen LogP contribution in [0.2, 0.25) is 0 Å². The summed E-state index contributed by atoms with van der Waals surface area (Å²) in [4.78, 5) is 10.9. The van der Waals surface area contributed by atoms with Crippen molar-refractivity contribution in [3.63, 3.8) is 0 Å². The number of aromatic hydroxyl groups is 2. The summed E-state index contributed by atoms with van der Waals surface area (Å²) < 4.78 is 10.2. The van der Waals surface area contributed by atoms with Gasteiger partial charge in [0.05, 0.1) is 0 Å². The molecule has 5 atom stereocenters. The van der Waals surface area contributed by atoms with Crippen LogP contribution in [-0.2, 0) is 9.53 Å².